The number of ether oxygens (including phenoxy) is 1. The lowest BCUT2D eigenvalue weighted by Crippen LogP contribution is -2.35. The lowest BCUT2D eigenvalue weighted by atomic mass is 9.92. The van der Waals surface area contributed by atoms with Crippen LogP contribution in [-0.4, -0.2) is 64.8 Å². The SMILES string of the molecule is Cc1nc(NC[C@H](CC(=O)OCCc2cccc3ccccc23)C(=O)O)c(C)c(N2CCC(c3ccc4c(n3)NCCC4)CC2)n1. The molecule has 2 aliphatic rings. The molecular formula is C36H42N6O4. The number of fused-ring (bicyclic) bond motifs is 2. The number of nitrogens with one attached hydrogen (secondary N) is 2. The zero-order chi connectivity index (χ0) is 32.0. The van der Waals surface area contributed by atoms with E-state index >= 15 is 0 Å². The number of esters is 1. The van der Waals surface area contributed by atoms with Crippen molar-refractivity contribution in [3.05, 3.63) is 82.8 Å². The van der Waals surface area contributed by atoms with Crippen LogP contribution < -0.4 is 15.5 Å². The highest BCUT2D eigenvalue weighted by molar-refractivity contribution is 5.85. The molecule has 2 aromatic heterocycles. The van der Waals surface area contributed by atoms with Gasteiger partial charge in [0.25, 0.3) is 0 Å². The molecule has 240 valence electrons. The standard InChI is InChI=1S/C36H42N6O4/c1-23-33(38-22-29(36(44)45)21-32(43)46-20-16-26-9-5-8-25-7-3-4-11-30(25)26)39-24(2)40-35(23)42-18-14-27(15-19-42)31-13-12-28-10-6-17-37-34(28)41-31/h3-5,7-9,11-13,27,29H,6,10,14-22H2,1-2H3,(H,37,41)(H,44,45)(H,38,39,40)/t29-/m0/s1. The van der Waals surface area contributed by atoms with Crippen LogP contribution in [-0.2, 0) is 27.2 Å². The third kappa shape index (κ3) is 7.22. The second kappa shape index (κ2) is 14.1. The quantitative estimate of drug-likeness (QED) is 0.180. The number of carbonyl (C=O) groups is 2. The van der Waals surface area contributed by atoms with Crippen molar-refractivity contribution in [2.75, 3.05) is 48.3 Å². The van der Waals surface area contributed by atoms with Crippen molar-refractivity contribution >= 4 is 40.2 Å². The number of pyridine rings is 1. The van der Waals surface area contributed by atoms with Gasteiger partial charge in [0, 0.05) is 49.8 Å². The molecule has 0 aliphatic carbocycles. The van der Waals surface area contributed by atoms with Crippen LogP contribution in [0.1, 0.15) is 59.8 Å². The van der Waals surface area contributed by atoms with Gasteiger partial charge in [-0.25, -0.2) is 15.0 Å². The van der Waals surface area contributed by atoms with Crippen molar-refractivity contribution in [2.45, 2.75) is 58.3 Å². The van der Waals surface area contributed by atoms with Crippen molar-refractivity contribution in [1.82, 2.24) is 15.0 Å². The number of aryl methyl sites for hydroxylation is 2. The first kappa shape index (κ1) is 31.3. The van der Waals surface area contributed by atoms with E-state index in [-0.39, 0.29) is 19.6 Å². The van der Waals surface area contributed by atoms with E-state index in [0.29, 0.717) is 24.0 Å². The molecule has 1 atom stereocenters. The number of rotatable bonds is 11. The first-order valence-electron chi connectivity index (χ1n) is 16.3. The van der Waals surface area contributed by atoms with E-state index in [1.54, 1.807) is 0 Å². The molecule has 2 aliphatic heterocycles. The van der Waals surface area contributed by atoms with E-state index in [1.165, 1.54) is 5.56 Å². The number of hydrogen-bond acceptors (Lipinski definition) is 9. The molecule has 1 fully saturated rings. The molecule has 0 unspecified atom stereocenters. The Balaban J connectivity index is 1.03. The molecule has 6 rings (SSSR count). The molecule has 4 heterocycles. The summed E-state index contributed by atoms with van der Waals surface area (Å²) in [6.45, 7) is 6.70. The van der Waals surface area contributed by atoms with Gasteiger partial charge in [0.15, 0.2) is 0 Å². The first-order chi connectivity index (χ1) is 22.4. The zero-order valence-corrected chi connectivity index (χ0v) is 26.6. The summed E-state index contributed by atoms with van der Waals surface area (Å²) in [6, 6.07) is 18.5. The number of aliphatic carboxylic acids is 1. The van der Waals surface area contributed by atoms with Gasteiger partial charge in [0.05, 0.1) is 18.9 Å². The van der Waals surface area contributed by atoms with Crippen molar-refractivity contribution in [3.8, 4) is 0 Å². The number of carboxylic acids is 1. The Morgan fingerprint density at radius 2 is 1.85 bits per heavy atom. The summed E-state index contributed by atoms with van der Waals surface area (Å²) in [7, 11) is 0. The lowest BCUT2D eigenvalue weighted by Gasteiger charge is -2.34. The lowest BCUT2D eigenvalue weighted by molar-refractivity contribution is -0.151. The maximum absolute atomic E-state index is 12.7. The molecule has 0 spiro atoms. The largest absolute Gasteiger partial charge is 0.481 e. The number of piperidine rings is 1. The molecule has 0 amide bonds. The number of carboxylic acid groups (broad SMARTS) is 1. The monoisotopic (exact) mass is 622 g/mol. The Morgan fingerprint density at radius 3 is 2.67 bits per heavy atom. The molecule has 3 N–H and O–H groups in total. The van der Waals surface area contributed by atoms with Gasteiger partial charge in [-0.3, -0.25) is 9.59 Å². The molecule has 0 bridgehead atoms. The predicted molar refractivity (Wildman–Crippen MR) is 180 cm³/mol. The minimum absolute atomic E-state index is 0.0462. The van der Waals surface area contributed by atoms with Gasteiger partial charge < -0.3 is 25.4 Å². The molecule has 10 heteroatoms. The minimum atomic E-state index is -1.06. The summed E-state index contributed by atoms with van der Waals surface area (Å²) in [6.07, 6.45) is 4.51. The van der Waals surface area contributed by atoms with Gasteiger partial charge in [-0.15, -0.1) is 0 Å². The van der Waals surface area contributed by atoms with E-state index < -0.39 is 17.9 Å². The Labute approximate surface area is 269 Å². The number of nitrogens with zero attached hydrogens (tertiary/aromatic N) is 4. The van der Waals surface area contributed by atoms with E-state index in [4.69, 9.17) is 14.7 Å². The predicted octanol–water partition coefficient (Wildman–Crippen LogP) is 5.67. The van der Waals surface area contributed by atoms with E-state index in [2.05, 4.69) is 32.7 Å². The number of hydrogen-bond donors (Lipinski definition) is 3. The van der Waals surface area contributed by atoms with Gasteiger partial charge in [0.2, 0.25) is 0 Å². The minimum Gasteiger partial charge on any atom is -0.481 e. The Bertz CT molecular complexity index is 1710. The van der Waals surface area contributed by atoms with Crippen molar-refractivity contribution in [2.24, 2.45) is 5.92 Å². The first-order valence-corrected chi connectivity index (χ1v) is 16.3. The van der Waals surface area contributed by atoms with E-state index in [0.717, 1.165) is 84.5 Å². The highest BCUT2D eigenvalue weighted by atomic mass is 16.5. The third-order valence-electron chi connectivity index (χ3n) is 9.15. The molecule has 1 saturated heterocycles. The third-order valence-corrected chi connectivity index (χ3v) is 9.15. The number of carbonyl (C=O) groups excluding carboxylic acids is 1. The Morgan fingerprint density at radius 1 is 1.04 bits per heavy atom. The fraction of sp³-hybridized carbons (Fsp3) is 0.417. The van der Waals surface area contributed by atoms with Crippen molar-refractivity contribution in [1.29, 1.82) is 0 Å². The summed E-state index contributed by atoms with van der Waals surface area (Å²) in [5.41, 5.74) is 4.41. The molecule has 46 heavy (non-hydrogen) atoms. The number of benzene rings is 2. The van der Waals surface area contributed by atoms with Gasteiger partial charge >= 0.3 is 11.9 Å². The average molecular weight is 623 g/mol. The van der Waals surface area contributed by atoms with Gasteiger partial charge in [-0.2, -0.15) is 0 Å². The zero-order valence-electron chi connectivity index (χ0n) is 26.6. The molecule has 2 aromatic carbocycles. The molecular weight excluding hydrogens is 580 g/mol. The summed E-state index contributed by atoms with van der Waals surface area (Å²) < 4.78 is 5.47. The maximum atomic E-state index is 12.7. The van der Waals surface area contributed by atoms with Gasteiger partial charge in [-0.05, 0) is 67.5 Å². The van der Waals surface area contributed by atoms with Crippen LogP contribution in [0.25, 0.3) is 10.8 Å². The van der Waals surface area contributed by atoms with Crippen LogP contribution in [0.4, 0.5) is 17.5 Å². The summed E-state index contributed by atoms with van der Waals surface area (Å²) in [4.78, 5) is 41.3. The number of aromatic nitrogens is 3. The van der Waals surface area contributed by atoms with Crippen molar-refractivity contribution < 1.29 is 19.4 Å². The van der Waals surface area contributed by atoms with Gasteiger partial charge in [-0.1, -0.05) is 48.5 Å². The number of anilines is 3. The molecule has 10 nitrogen and oxygen atoms in total. The fourth-order valence-electron chi connectivity index (χ4n) is 6.56. The second-order valence-electron chi connectivity index (χ2n) is 12.3. The molecule has 0 saturated carbocycles. The fourth-order valence-corrected chi connectivity index (χ4v) is 6.56. The smallest absolute Gasteiger partial charge is 0.308 e. The Hall–Kier alpha value is -4.73. The Kier molecular flexibility index (Phi) is 9.61. The summed E-state index contributed by atoms with van der Waals surface area (Å²) in [5.74, 6) is 0.931. The topological polar surface area (TPSA) is 130 Å². The van der Waals surface area contributed by atoms with Crippen LogP contribution in [0.5, 0.6) is 0 Å². The van der Waals surface area contributed by atoms with E-state index in [1.807, 2.05) is 56.3 Å². The summed E-state index contributed by atoms with van der Waals surface area (Å²) >= 11 is 0. The normalized spacial score (nSPS) is 15.6. The maximum Gasteiger partial charge on any atom is 0.308 e. The van der Waals surface area contributed by atoms with Crippen LogP contribution in [0.3, 0.4) is 0 Å². The van der Waals surface area contributed by atoms with Crippen LogP contribution in [0, 0.1) is 19.8 Å². The highest BCUT2D eigenvalue weighted by Crippen LogP contribution is 2.33. The molecule has 0 radical (unpaired) electrons. The molecule has 4 aromatic rings. The van der Waals surface area contributed by atoms with Crippen molar-refractivity contribution in [3.63, 3.8) is 0 Å². The summed E-state index contributed by atoms with van der Waals surface area (Å²) in [5, 5.41) is 18.8. The van der Waals surface area contributed by atoms with Crippen LogP contribution in [0.15, 0.2) is 54.6 Å². The highest BCUT2D eigenvalue weighted by Gasteiger charge is 2.27. The van der Waals surface area contributed by atoms with Gasteiger partial charge in [0.1, 0.15) is 23.3 Å². The average Bonchev–Trinajstić information content (AvgIpc) is 3.07. The van der Waals surface area contributed by atoms with Crippen LogP contribution >= 0.6 is 0 Å². The van der Waals surface area contributed by atoms with E-state index in [9.17, 15) is 14.7 Å². The second-order valence-corrected chi connectivity index (χ2v) is 12.3. The van der Waals surface area contributed by atoms with Crippen LogP contribution in [0.2, 0.25) is 0 Å².